The Kier molecular flexibility index (Phi) is 9.40. The summed E-state index contributed by atoms with van der Waals surface area (Å²) in [4.78, 5) is 16.8. The fourth-order valence-corrected chi connectivity index (χ4v) is 6.01. The van der Waals surface area contributed by atoms with Gasteiger partial charge in [-0.05, 0) is 86.1 Å². The number of aromatic nitrogens is 1. The number of halogens is 1. The summed E-state index contributed by atoms with van der Waals surface area (Å²) in [6.45, 7) is 2.00. The number of anilines is 1. The molecule has 3 aromatic rings. The number of nitrogens with zero attached hydrogens (tertiary/aromatic N) is 2. The second kappa shape index (κ2) is 13.0. The molecule has 0 amide bonds. The van der Waals surface area contributed by atoms with Crippen molar-refractivity contribution in [3.05, 3.63) is 101 Å². The molecule has 4 rings (SSSR count). The minimum atomic E-state index is -3.94. The third-order valence-corrected chi connectivity index (χ3v) is 8.39. The van der Waals surface area contributed by atoms with E-state index in [0.717, 1.165) is 17.5 Å². The van der Waals surface area contributed by atoms with Crippen LogP contribution in [0, 0.1) is 17.1 Å². The van der Waals surface area contributed by atoms with Gasteiger partial charge in [-0.15, -0.1) is 0 Å². The van der Waals surface area contributed by atoms with Crippen molar-refractivity contribution >= 4 is 21.7 Å². The first-order chi connectivity index (χ1) is 19.6. The van der Waals surface area contributed by atoms with E-state index in [4.69, 9.17) is 10.00 Å². The minimum Gasteiger partial charge on any atom is -0.512 e. The molecule has 0 fully saturated rings. The standard InChI is InChI=1S/C31H32FN3O5S/c1-2-16-31(17-15-22-9-12-25(32)13-10-22)19-28(36)27(30(37)40-31)8-4-6-23-5-3-7-26(18-23)35-41(38,39)29-14-11-24(20-33)21-34-29/h3,5,7,9-14,18,21,35-36H,2,4,6,8,15-17,19H2,1H3/t31-/m0/s1. The van der Waals surface area contributed by atoms with E-state index < -0.39 is 21.6 Å². The molecule has 0 spiro atoms. The molecular weight excluding hydrogens is 545 g/mol. The molecule has 10 heteroatoms. The Hall–Kier alpha value is -4.23. The zero-order chi connectivity index (χ0) is 29.5. The molecule has 0 bridgehead atoms. The summed E-state index contributed by atoms with van der Waals surface area (Å²) in [6.07, 6.45) is 5.34. The van der Waals surface area contributed by atoms with E-state index in [0.29, 0.717) is 44.2 Å². The van der Waals surface area contributed by atoms with Crippen LogP contribution in [0.4, 0.5) is 10.1 Å². The number of esters is 1. The van der Waals surface area contributed by atoms with E-state index in [-0.39, 0.29) is 34.2 Å². The lowest BCUT2D eigenvalue weighted by Gasteiger charge is -2.37. The summed E-state index contributed by atoms with van der Waals surface area (Å²) in [5.74, 6) is -0.775. The summed E-state index contributed by atoms with van der Waals surface area (Å²) < 4.78 is 47.1. The van der Waals surface area contributed by atoms with Gasteiger partial charge in [0.25, 0.3) is 10.0 Å². The van der Waals surface area contributed by atoms with E-state index in [9.17, 15) is 22.7 Å². The van der Waals surface area contributed by atoms with Gasteiger partial charge in [-0.3, -0.25) is 4.72 Å². The van der Waals surface area contributed by atoms with Gasteiger partial charge in [0.05, 0.1) is 11.1 Å². The molecule has 214 valence electrons. The van der Waals surface area contributed by atoms with Gasteiger partial charge in [-0.1, -0.05) is 37.6 Å². The Morgan fingerprint density at radius 3 is 2.51 bits per heavy atom. The summed E-state index contributed by atoms with van der Waals surface area (Å²) in [6, 6.07) is 17.7. The number of rotatable bonds is 12. The first kappa shape index (κ1) is 29.7. The first-order valence-electron chi connectivity index (χ1n) is 13.5. The number of ether oxygens (including phenoxy) is 1. The second-order valence-electron chi connectivity index (χ2n) is 10.2. The lowest BCUT2D eigenvalue weighted by molar-refractivity contribution is -0.161. The Morgan fingerprint density at radius 2 is 1.85 bits per heavy atom. The smallest absolute Gasteiger partial charge is 0.337 e. The van der Waals surface area contributed by atoms with Crippen molar-refractivity contribution < 1.29 is 27.4 Å². The molecular formula is C31H32FN3O5S. The van der Waals surface area contributed by atoms with E-state index in [1.807, 2.05) is 19.1 Å². The highest BCUT2D eigenvalue weighted by Crippen LogP contribution is 2.38. The number of aliphatic hydroxyl groups is 1. The average molecular weight is 578 g/mol. The number of carbonyl (C=O) groups excluding carboxylic acids is 1. The van der Waals surface area contributed by atoms with Gasteiger partial charge in [-0.25, -0.2) is 14.2 Å². The maximum atomic E-state index is 13.3. The molecule has 0 saturated heterocycles. The number of pyridine rings is 1. The van der Waals surface area contributed by atoms with Crippen molar-refractivity contribution in [2.75, 3.05) is 4.72 Å². The van der Waals surface area contributed by atoms with Gasteiger partial charge >= 0.3 is 5.97 Å². The van der Waals surface area contributed by atoms with Gasteiger partial charge in [0.2, 0.25) is 0 Å². The first-order valence-corrected chi connectivity index (χ1v) is 15.0. The molecule has 2 N–H and O–H groups in total. The van der Waals surface area contributed by atoms with E-state index >= 15 is 0 Å². The number of carbonyl (C=O) groups is 1. The summed E-state index contributed by atoms with van der Waals surface area (Å²) in [7, 11) is -3.94. The summed E-state index contributed by atoms with van der Waals surface area (Å²) in [5.41, 5.74) is 1.87. The van der Waals surface area contributed by atoms with Crippen molar-refractivity contribution in [1.82, 2.24) is 4.98 Å². The third kappa shape index (κ3) is 7.70. The molecule has 41 heavy (non-hydrogen) atoms. The molecule has 2 aromatic carbocycles. The number of aryl methyl sites for hydroxylation is 2. The second-order valence-corrected chi connectivity index (χ2v) is 11.8. The average Bonchev–Trinajstić information content (AvgIpc) is 2.94. The Morgan fingerprint density at radius 1 is 1.07 bits per heavy atom. The van der Waals surface area contributed by atoms with Crippen molar-refractivity contribution in [2.24, 2.45) is 0 Å². The van der Waals surface area contributed by atoms with Crippen LogP contribution in [0.1, 0.15) is 62.1 Å². The van der Waals surface area contributed by atoms with Crippen LogP contribution in [0.3, 0.4) is 0 Å². The van der Waals surface area contributed by atoms with E-state index in [2.05, 4.69) is 9.71 Å². The van der Waals surface area contributed by atoms with Crippen LogP contribution in [-0.4, -0.2) is 30.1 Å². The molecule has 1 aliphatic heterocycles. The number of nitriles is 1. The molecule has 2 heterocycles. The molecule has 1 atom stereocenters. The Balaban J connectivity index is 1.37. The molecule has 8 nitrogen and oxygen atoms in total. The van der Waals surface area contributed by atoms with Crippen molar-refractivity contribution in [2.45, 2.75) is 68.9 Å². The monoisotopic (exact) mass is 577 g/mol. The fourth-order valence-electron chi connectivity index (χ4n) is 5.03. The molecule has 0 unspecified atom stereocenters. The van der Waals surface area contributed by atoms with Crippen LogP contribution >= 0.6 is 0 Å². The molecule has 0 aliphatic carbocycles. The van der Waals surface area contributed by atoms with E-state index in [1.54, 1.807) is 30.3 Å². The molecule has 0 radical (unpaired) electrons. The van der Waals surface area contributed by atoms with Crippen LogP contribution in [0.25, 0.3) is 0 Å². The number of nitrogens with one attached hydrogen (secondary N) is 1. The van der Waals surface area contributed by atoms with Crippen LogP contribution in [0.2, 0.25) is 0 Å². The van der Waals surface area contributed by atoms with Gasteiger partial charge in [-0.2, -0.15) is 13.7 Å². The molecule has 1 aliphatic rings. The van der Waals surface area contributed by atoms with Gasteiger partial charge in [0.1, 0.15) is 23.2 Å². The largest absolute Gasteiger partial charge is 0.512 e. The Labute approximate surface area is 239 Å². The summed E-state index contributed by atoms with van der Waals surface area (Å²) >= 11 is 0. The van der Waals surface area contributed by atoms with Crippen molar-refractivity contribution in [1.29, 1.82) is 5.26 Å². The minimum absolute atomic E-state index is 0.0465. The number of hydrogen-bond donors (Lipinski definition) is 2. The number of aliphatic hydroxyl groups excluding tert-OH is 1. The lowest BCUT2D eigenvalue weighted by atomic mass is 9.83. The fraction of sp³-hybridized carbons (Fsp3) is 0.323. The van der Waals surface area contributed by atoms with Crippen LogP contribution in [0.5, 0.6) is 0 Å². The number of sulfonamides is 1. The normalized spacial score (nSPS) is 17.1. The van der Waals surface area contributed by atoms with Crippen LogP contribution in [0.15, 0.2) is 83.2 Å². The Bertz CT molecular complexity index is 1560. The SMILES string of the molecule is CCC[C@]1(CCc2ccc(F)cc2)CC(O)=C(CCCc2cccc(NS(=O)(=O)c3ccc(C#N)cn3)c2)C(=O)O1. The van der Waals surface area contributed by atoms with Crippen molar-refractivity contribution in [3.8, 4) is 6.07 Å². The number of cyclic esters (lactones) is 1. The maximum Gasteiger partial charge on any atom is 0.337 e. The summed E-state index contributed by atoms with van der Waals surface area (Å²) in [5, 5.41) is 19.6. The van der Waals surface area contributed by atoms with Gasteiger partial charge < -0.3 is 9.84 Å². The van der Waals surface area contributed by atoms with E-state index in [1.165, 1.54) is 30.5 Å². The lowest BCUT2D eigenvalue weighted by Crippen LogP contribution is -2.40. The van der Waals surface area contributed by atoms with Gasteiger partial charge in [0, 0.05) is 18.3 Å². The van der Waals surface area contributed by atoms with Crippen LogP contribution in [-0.2, 0) is 32.4 Å². The predicted octanol–water partition coefficient (Wildman–Crippen LogP) is 6.15. The molecule has 1 aromatic heterocycles. The zero-order valence-corrected chi connectivity index (χ0v) is 23.6. The third-order valence-electron chi connectivity index (χ3n) is 7.09. The van der Waals surface area contributed by atoms with Crippen LogP contribution < -0.4 is 4.72 Å². The van der Waals surface area contributed by atoms with Gasteiger partial charge in [0.15, 0.2) is 5.03 Å². The highest BCUT2D eigenvalue weighted by Gasteiger charge is 2.40. The highest BCUT2D eigenvalue weighted by molar-refractivity contribution is 7.92. The predicted molar refractivity (Wildman–Crippen MR) is 152 cm³/mol. The highest BCUT2D eigenvalue weighted by atomic mass is 32.2. The maximum absolute atomic E-state index is 13.3. The topological polar surface area (TPSA) is 129 Å². The quantitative estimate of drug-likeness (QED) is 0.247. The number of hydrogen-bond acceptors (Lipinski definition) is 7. The molecule has 0 saturated carbocycles. The zero-order valence-electron chi connectivity index (χ0n) is 22.8. The number of benzene rings is 2. The van der Waals surface area contributed by atoms with Crippen molar-refractivity contribution in [3.63, 3.8) is 0 Å².